The van der Waals surface area contributed by atoms with E-state index < -0.39 is 0 Å². The van der Waals surface area contributed by atoms with Gasteiger partial charge >= 0.3 is 0 Å². The molecule has 2 aromatic carbocycles. The molecule has 364 valence electrons. The monoisotopic (exact) mass is 933 g/mol. The normalized spacial score (nSPS) is 29.9. The van der Waals surface area contributed by atoms with E-state index >= 15 is 0 Å². The number of allylic oxidation sites excluding steroid dienone is 8. The fourth-order valence-corrected chi connectivity index (χ4v) is 13.9. The fourth-order valence-electron chi connectivity index (χ4n) is 13.9. The number of ether oxygens (including phenoxy) is 1. The zero-order valence-electron chi connectivity index (χ0n) is 41.4. The molecule has 10 rings (SSSR count). The third kappa shape index (κ3) is 10.3. The lowest BCUT2D eigenvalue weighted by Crippen LogP contribution is -2.43. The van der Waals surface area contributed by atoms with Crippen molar-refractivity contribution in [3.63, 3.8) is 0 Å². The highest BCUT2D eigenvalue weighted by Gasteiger charge is 2.58. The van der Waals surface area contributed by atoms with Gasteiger partial charge in [0.05, 0.1) is 19.7 Å². The van der Waals surface area contributed by atoms with Crippen LogP contribution in [-0.2, 0) is 19.2 Å². The standard InChI is InChI=1S/C30H35NO3.C24H26O3.C6H11NO/c1-4-15-31(3)16-17-34-23-9-5-20(6-10-23)26-19-30(2)27(13-14-28(30)33)25-11-7-21-18-22(32)8-12-24(21)29(25)26;1-24-13-20(14-2-5-16(25)6-3-14)23-18-9-7-17(26)12-15(18)4-8-19(23)21(24)10-11-22(24)27;1-3-4-7(2)5-6-8/h1,5-6,9-10,18,25-27H,7-8,11-17,19H2,2-3H3;2-3,5-6,12,19-21,25H,4,7-11,13H2,1H3;1,8H,4-6H2,2H3/t25?,26-,27?,30+;19?,20-,21?,24+;/m11./s1. The molecule has 0 spiro atoms. The van der Waals surface area contributed by atoms with Crippen LogP contribution >= 0.6 is 0 Å². The second-order valence-corrected chi connectivity index (χ2v) is 21.5. The predicted molar refractivity (Wildman–Crippen MR) is 270 cm³/mol. The summed E-state index contributed by atoms with van der Waals surface area (Å²) in [6.45, 7) is 7.85. The van der Waals surface area contributed by atoms with Crippen LogP contribution in [0, 0.1) is 59.2 Å². The number of phenolic OH excluding ortho intramolecular Hbond substituents is 1. The Bertz CT molecular complexity index is 2510. The van der Waals surface area contributed by atoms with E-state index in [-0.39, 0.29) is 46.6 Å². The lowest BCUT2D eigenvalue weighted by molar-refractivity contribution is -0.129. The number of ketones is 4. The number of phenols is 1. The minimum absolute atomic E-state index is 0.179. The number of rotatable bonds is 10. The molecule has 0 bridgehead atoms. The van der Waals surface area contributed by atoms with Crippen molar-refractivity contribution in [1.82, 2.24) is 9.80 Å². The first-order valence-corrected chi connectivity index (χ1v) is 25.6. The zero-order valence-corrected chi connectivity index (χ0v) is 41.4. The molecule has 0 saturated heterocycles. The second kappa shape index (κ2) is 21.4. The van der Waals surface area contributed by atoms with Gasteiger partial charge in [-0.05, 0) is 172 Å². The molecule has 8 aliphatic rings. The summed E-state index contributed by atoms with van der Waals surface area (Å²) >= 11 is 0. The summed E-state index contributed by atoms with van der Waals surface area (Å²) < 4.78 is 5.95. The van der Waals surface area contributed by atoms with Crippen molar-refractivity contribution < 1.29 is 34.1 Å². The third-order valence-corrected chi connectivity index (χ3v) is 17.4. The van der Waals surface area contributed by atoms with E-state index in [9.17, 15) is 24.3 Å². The number of hydrogen-bond donors (Lipinski definition) is 2. The Morgan fingerprint density at radius 1 is 0.623 bits per heavy atom. The number of aliphatic hydroxyl groups is 1. The molecular formula is C60H72N2O7. The minimum Gasteiger partial charge on any atom is -0.508 e. The zero-order chi connectivity index (χ0) is 49.0. The second-order valence-electron chi connectivity index (χ2n) is 21.5. The van der Waals surface area contributed by atoms with Gasteiger partial charge in [0.2, 0.25) is 0 Å². The van der Waals surface area contributed by atoms with Gasteiger partial charge in [-0.3, -0.25) is 29.0 Å². The maximum atomic E-state index is 13.1. The predicted octanol–water partition coefficient (Wildman–Crippen LogP) is 9.50. The molecule has 0 heterocycles. The lowest BCUT2D eigenvalue weighted by Gasteiger charge is -2.50. The van der Waals surface area contributed by atoms with E-state index in [0.29, 0.717) is 80.7 Å². The highest BCUT2D eigenvalue weighted by molar-refractivity contribution is 5.94. The van der Waals surface area contributed by atoms with Crippen LogP contribution in [0.4, 0.5) is 0 Å². The minimum atomic E-state index is -0.234. The molecule has 8 atom stereocenters. The summed E-state index contributed by atoms with van der Waals surface area (Å²) in [6.07, 6.45) is 26.3. The Labute approximate surface area is 410 Å². The Balaban J connectivity index is 0.000000164. The molecule has 0 radical (unpaired) electrons. The number of terminal acetylenes is 2. The number of fused-ring (bicyclic) bond motifs is 8. The van der Waals surface area contributed by atoms with Crippen LogP contribution in [0.15, 0.2) is 94.1 Å². The molecular weight excluding hydrogens is 861 g/mol. The number of aromatic hydroxyl groups is 1. The first-order chi connectivity index (χ1) is 33.2. The maximum absolute atomic E-state index is 13.1. The summed E-state index contributed by atoms with van der Waals surface area (Å²) in [6, 6.07) is 16.0. The van der Waals surface area contributed by atoms with Crippen molar-refractivity contribution in [2.45, 2.75) is 116 Å². The molecule has 0 amide bonds. The van der Waals surface area contributed by atoms with Gasteiger partial charge in [-0.1, -0.05) is 61.1 Å². The number of benzene rings is 2. The number of Topliss-reactive ketones (excluding diaryl/α,β-unsaturated/α-hetero) is 2. The number of hydrogen-bond acceptors (Lipinski definition) is 9. The van der Waals surface area contributed by atoms with Crippen LogP contribution in [0.25, 0.3) is 0 Å². The van der Waals surface area contributed by atoms with E-state index in [2.05, 4.69) is 54.9 Å². The van der Waals surface area contributed by atoms with E-state index in [1.807, 2.05) is 43.3 Å². The van der Waals surface area contributed by atoms with E-state index in [4.69, 9.17) is 22.7 Å². The van der Waals surface area contributed by atoms with Gasteiger partial charge in [0, 0.05) is 61.4 Å². The summed E-state index contributed by atoms with van der Waals surface area (Å²) in [7, 11) is 3.86. The quantitative estimate of drug-likeness (QED) is 0.224. The third-order valence-electron chi connectivity index (χ3n) is 17.4. The molecule has 4 saturated carbocycles. The molecule has 8 aliphatic carbocycles. The summed E-state index contributed by atoms with van der Waals surface area (Å²) in [4.78, 5) is 54.0. The Kier molecular flexibility index (Phi) is 15.5. The van der Waals surface area contributed by atoms with E-state index in [1.165, 1.54) is 44.6 Å². The molecule has 4 fully saturated rings. The summed E-state index contributed by atoms with van der Waals surface area (Å²) in [5.41, 5.74) is 10.4. The van der Waals surface area contributed by atoms with Crippen LogP contribution in [0.2, 0.25) is 0 Å². The average molecular weight is 933 g/mol. The van der Waals surface area contributed by atoms with Gasteiger partial charge in [0.25, 0.3) is 0 Å². The molecule has 69 heavy (non-hydrogen) atoms. The lowest BCUT2D eigenvalue weighted by atomic mass is 9.53. The van der Waals surface area contributed by atoms with Gasteiger partial charge in [0.1, 0.15) is 29.7 Å². The first kappa shape index (κ1) is 50.1. The Hall–Kier alpha value is -5.32. The number of nitrogens with zero attached hydrogens (tertiary/aromatic N) is 2. The summed E-state index contributed by atoms with van der Waals surface area (Å²) in [5, 5.41) is 18.1. The SMILES string of the molecule is C#CCN(C)CCO.C#CCN(C)CCOc1ccc([C@H]2C[C@]3(C)C(=O)CCC3C3CCC4=CC(=O)CCC4=C32)cc1.C[C@]12C[C@H](c3ccc(O)cc3)C3=C4CCC(=O)C=C4CCC3C1CCC2=O. The number of likely N-dealkylation sites (N-methyl/N-ethyl adjacent to an activating group) is 2. The molecule has 2 aromatic rings. The van der Waals surface area contributed by atoms with Crippen molar-refractivity contribution >= 4 is 23.1 Å². The van der Waals surface area contributed by atoms with Crippen molar-refractivity contribution in [3.05, 3.63) is 105 Å². The van der Waals surface area contributed by atoms with Gasteiger partial charge in [-0.15, -0.1) is 12.8 Å². The molecule has 4 unspecified atom stereocenters. The molecule has 2 N–H and O–H groups in total. The Morgan fingerprint density at radius 2 is 1.07 bits per heavy atom. The smallest absolute Gasteiger partial charge is 0.156 e. The van der Waals surface area contributed by atoms with Crippen molar-refractivity contribution in [3.8, 4) is 36.2 Å². The van der Waals surface area contributed by atoms with Crippen LogP contribution in [0.1, 0.15) is 127 Å². The van der Waals surface area contributed by atoms with Gasteiger partial charge in [-0.25, -0.2) is 0 Å². The molecule has 9 heteroatoms. The van der Waals surface area contributed by atoms with Crippen molar-refractivity contribution in [1.29, 1.82) is 0 Å². The first-order valence-electron chi connectivity index (χ1n) is 25.6. The summed E-state index contributed by atoms with van der Waals surface area (Å²) in [5.74, 6) is 9.89. The van der Waals surface area contributed by atoms with Crippen LogP contribution in [0.5, 0.6) is 11.5 Å². The number of aliphatic hydroxyl groups excluding tert-OH is 1. The van der Waals surface area contributed by atoms with Gasteiger partial charge in [-0.2, -0.15) is 0 Å². The van der Waals surface area contributed by atoms with E-state index in [0.717, 1.165) is 82.9 Å². The molecule has 0 aliphatic heterocycles. The maximum Gasteiger partial charge on any atom is 0.156 e. The van der Waals surface area contributed by atoms with Crippen molar-refractivity contribution in [2.75, 3.05) is 53.5 Å². The fraction of sp³-hybridized carbons (Fsp3) is 0.533. The van der Waals surface area contributed by atoms with Gasteiger partial charge < -0.3 is 14.9 Å². The largest absolute Gasteiger partial charge is 0.508 e. The van der Waals surface area contributed by atoms with E-state index in [1.54, 1.807) is 12.1 Å². The van der Waals surface area contributed by atoms with Gasteiger partial charge in [0.15, 0.2) is 11.6 Å². The number of carbonyl (C=O) groups is 4. The molecule has 9 nitrogen and oxygen atoms in total. The van der Waals surface area contributed by atoms with Crippen LogP contribution in [0.3, 0.4) is 0 Å². The van der Waals surface area contributed by atoms with Crippen LogP contribution in [-0.4, -0.2) is 96.6 Å². The average Bonchev–Trinajstić information content (AvgIpc) is 3.81. The van der Waals surface area contributed by atoms with Crippen molar-refractivity contribution in [2.24, 2.45) is 34.5 Å². The van der Waals surface area contributed by atoms with Crippen LogP contribution < -0.4 is 4.74 Å². The topological polar surface area (TPSA) is 124 Å². The molecule has 0 aromatic heterocycles. The highest BCUT2D eigenvalue weighted by Crippen LogP contribution is 2.64. The number of carbonyl (C=O) groups excluding carboxylic acids is 4. The Morgan fingerprint density at radius 3 is 1.52 bits per heavy atom. The highest BCUT2D eigenvalue weighted by atomic mass is 16.5.